The molecule has 1 aliphatic heterocycles. The Labute approximate surface area is 143 Å². The molecule has 0 bridgehead atoms. The van der Waals surface area contributed by atoms with Gasteiger partial charge in [-0.1, -0.05) is 0 Å². The molecular weight excluding hydrogens is 329 g/mol. The molecule has 2 N–H and O–H groups in total. The smallest absolute Gasteiger partial charge is 0.311 e. The number of nitrogens with zero attached hydrogens (tertiary/aromatic N) is 2. The predicted molar refractivity (Wildman–Crippen MR) is 86.0 cm³/mol. The molecule has 2 heterocycles. The fraction of sp³-hybridized carbons (Fsp3) is 0.353. The van der Waals surface area contributed by atoms with E-state index in [1.54, 1.807) is 18.3 Å². The number of aromatic nitrogens is 2. The number of ether oxygens (including phenoxy) is 1. The monoisotopic (exact) mass is 347 g/mol. The summed E-state index contributed by atoms with van der Waals surface area (Å²) >= 11 is 0. The zero-order valence-corrected chi connectivity index (χ0v) is 13.4. The molecule has 0 saturated carbocycles. The van der Waals surface area contributed by atoms with Crippen molar-refractivity contribution in [3.8, 4) is 5.69 Å². The van der Waals surface area contributed by atoms with Crippen LogP contribution in [0.1, 0.15) is 23.3 Å². The molecule has 7 nitrogen and oxygen atoms in total. The molecule has 1 aromatic heterocycles. The van der Waals surface area contributed by atoms with Crippen molar-refractivity contribution in [3.05, 3.63) is 48.0 Å². The van der Waals surface area contributed by atoms with Crippen molar-refractivity contribution in [1.29, 1.82) is 0 Å². The molecule has 1 fully saturated rings. The number of benzene rings is 1. The van der Waals surface area contributed by atoms with Gasteiger partial charge in [0.15, 0.2) is 5.69 Å². The van der Waals surface area contributed by atoms with E-state index in [4.69, 9.17) is 4.74 Å². The number of carbonyl (C=O) groups is 2. The van der Waals surface area contributed by atoms with E-state index in [2.05, 4.69) is 10.4 Å². The molecule has 0 spiro atoms. The number of carboxylic acids is 1. The molecule has 1 amide bonds. The Morgan fingerprint density at radius 3 is 2.56 bits per heavy atom. The number of rotatable bonds is 5. The zero-order valence-electron chi connectivity index (χ0n) is 13.4. The highest BCUT2D eigenvalue weighted by Crippen LogP contribution is 2.30. The fourth-order valence-corrected chi connectivity index (χ4v) is 2.75. The lowest BCUT2D eigenvalue weighted by Gasteiger charge is -2.32. The maximum atomic E-state index is 13.0. The number of amides is 1. The molecule has 132 valence electrons. The molecule has 3 rings (SSSR count). The average molecular weight is 347 g/mol. The number of hydrogen-bond donors (Lipinski definition) is 2. The third-order valence-electron chi connectivity index (χ3n) is 4.40. The Hall–Kier alpha value is -2.74. The number of aliphatic carboxylic acids is 1. The van der Waals surface area contributed by atoms with E-state index in [0.717, 1.165) is 0 Å². The van der Waals surface area contributed by atoms with E-state index in [1.807, 2.05) is 0 Å². The fourth-order valence-electron chi connectivity index (χ4n) is 2.75. The summed E-state index contributed by atoms with van der Waals surface area (Å²) in [6.07, 6.45) is 2.29. The number of carbonyl (C=O) groups excluding carboxylic acids is 1. The SMILES string of the molecule is O=C(NCC1(C(=O)O)CCOCC1)c1ccn(-c2ccc(F)cc2)n1. The van der Waals surface area contributed by atoms with Crippen molar-refractivity contribution < 1.29 is 23.8 Å². The molecule has 0 unspecified atom stereocenters. The lowest BCUT2D eigenvalue weighted by Crippen LogP contribution is -2.46. The van der Waals surface area contributed by atoms with Gasteiger partial charge in [-0.3, -0.25) is 9.59 Å². The molecule has 1 aliphatic rings. The van der Waals surface area contributed by atoms with Gasteiger partial charge in [0.2, 0.25) is 0 Å². The summed E-state index contributed by atoms with van der Waals surface area (Å²) < 4.78 is 19.6. The second-order valence-electron chi connectivity index (χ2n) is 6.00. The summed E-state index contributed by atoms with van der Waals surface area (Å²) in [6, 6.07) is 7.23. The van der Waals surface area contributed by atoms with E-state index >= 15 is 0 Å². The number of hydrogen-bond acceptors (Lipinski definition) is 4. The van der Waals surface area contributed by atoms with Crippen molar-refractivity contribution in [1.82, 2.24) is 15.1 Å². The third-order valence-corrected chi connectivity index (χ3v) is 4.40. The molecule has 25 heavy (non-hydrogen) atoms. The van der Waals surface area contributed by atoms with Crippen molar-refractivity contribution in [2.24, 2.45) is 5.41 Å². The minimum Gasteiger partial charge on any atom is -0.481 e. The van der Waals surface area contributed by atoms with Crippen LogP contribution >= 0.6 is 0 Å². The lowest BCUT2D eigenvalue weighted by molar-refractivity contribution is -0.154. The van der Waals surface area contributed by atoms with Gasteiger partial charge in [-0.2, -0.15) is 5.10 Å². The minimum absolute atomic E-state index is 0.0218. The van der Waals surface area contributed by atoms with Gasteiger partial charge in [0.05, 0.1) is 11.1 Å². The first kappa shape index (κ1) is 17.1. The molecule has 1 aromatic carbocycles. The van der Waals surface area contributed by atoms with E-state index in [9.17, 15) is 19.1 Å². The maximum Gasteiger partial charge on any atom is 0.311 e. The van der Waals surface area contributed by atoms with Gasteiger partial charge >= 0.3 is 5.97 Å². The second kappa shape index (κ2) is 7.02. The largest absolute Gasteiger partial charge is 0.481 e. The van der Waals surface area contributed by atoms with Crippen LogP contribution in [0, 0.1) is 11.2 Å². The first-order valence-electron chi connectivity index (χ1n) is 7.91. The summed E-state index contributed by atoms with van der Waals surface area (Å²) in [5.74, 6) is -1.75. The van der Waals surface area contributed by atoms with E-state index < -0.39 is 17.3 Å². The molecule has 0 radical (unpaired) electrons. The van der Waals surface area contributed by atoms with E-state index in [-0.39, 0.29) is 18.1 Å². The Morgan fingerprint density at radius 2 is 1.92 bits per heavy atom. The van der Waals surface area contributed by atoms with Crippen LogP contribution in [-0.2, 0) is 9.53 Å². The zero-order chi connectivity index (χ0) is 17.9. The normalized spacial score (nSPS) is 16.4. The van der Waals surface area contributed by atoms with Crippen molar-refractivity contribution in [2.45, 2.75) is 12.8 Å². The topological polar surface area (TPSA) is 93.5 Å². The van der Waals surface area contributed by atoms with Gasteiger partial charge < -0.3 is 15.2 Å². The Balaban J connectivity index is 1.67. The highest BCUT2D eigenvalue weighted by Gasteiger charge is 2.40. The van der Waals surface area contributed by atoms with Crippen LogP contribution in [0.5, 0.6) is 0 Å². The van der Waals surface area contributed by atoms with Gasteiger partial charge in [0.25, 0.3) is 5.91 Å². The van der Waals surface area contributed by atoms with Crippen LogP contribution in [-0.4, -0.2) is 46.5 Å². The van der Waals surface area contributed by atoms with Crippen molar-refractivity contribution >= 4 is 11.9 Å². The molecule has 2 aromatic rings. The van der Waals surface area contributed by atoms with Gasteiger partial charge in [-0.25, -0.2) is 9.07 Å². The van der Waals surface area contributed by atoms with Gasteiger partial charge in [0, 0.05) is 26.0 Å². The standard InChI is InChI=1S/C17H18FN3O4/c18-12-1-3-13(4-2-12)21-8-5-14(20-21)15(22)19-11-17(16(23)24)6-9-25-10-7-17/h1-5,8H,6-7,9-11H2,(H,19,22)(H,23,24). The quantitative estimate of drug-likeness (QED) is 0.857. The first-order valence-corrected chi connectivity index (χ1v) is 7.91. The second-order valence-corrected chi connectivity index (χ2v) is 6.00. The highest BCUT2D eigenvalue weighted by atomic mass is 19.1. The van der Waals surface area contributed by atoms with E-state index in [0.29, 0.717) is 31.7 Å². The number of carboxylic acid groups (broad SMARTS) is 1. The lowest BCUT2D eigenvalue weighted by atomic mass is 9.80. The molecule has 0 atom stereocenters. The Kier molecular flexibility index (Phi) is 4.80. The first-order chi connectivity index (χ1) is 12.0. The molecule has 1 saturated heterocycles. The summed E-state index contributed by atoms with van der Waals surface area (Å²) in [6.45, 7) is 0.747. The summed E-state index contributed by atoms with van der Waals surface area (Å²) in [7, 11) is 0. The van der Waals surface area contributed by atoms with Crippen molar-refractivity contribution in [3.63, 3.8) is 0 Å². The molecule has 8 heteroatoms. The van der Waals surface area contributed by atoms with Gasteiger partial charge in [0.1, 0.15) is 5.82 Å². The third kappa shape index (κ3) is 3.69. The summed E-state index contributed by atoms with van der Waals surface area (Å²) in [4.78, 5) is 23.9. The number of halogens is 1. The number of nitrogens with one attached hydrogen (secondary N) is 1. The van der Waals surface area contributed by atoms with Crippen LogP contribution in [0.2, 0.25) is 0 Å². The van der Waals surface area contributed by atoms with Crippen molar-refractivity contribution in [2.75, 3.05) is 19.8 Å². The van der Waals surface area contributed by atoms with Gasteiger partial charge in [-0.05, 0) is 43.2 Å². The average Bonchev–Trinajstić information content (AvgIpc) is 3.11. The Morgan fingerprint density at radius 1 is 1.24 bits per heavy atom. The summed E-state index contributed by atoms with van der Waals surface area (Å²) in [5.41, 5.74) is -0.225. The van der Waals surface area contributed by atoms with Gasteiger partial charge in [-0.15, -0.1) is 0 Å². The van der Waals surface area contributed by atoms with Crippen LogP contribution in [0.25, 0.3) is 5.69 Å². The Bertz CT molecular complexity index is 766. The van der Waals surface area contributed by atoms with Crippen LogP contribution < -0.4 is 5.32 Å². The maximum absolute atomic E-state index is 13.0. The summed E-state index contributed by atoms with van der Waals surface area (Å²) in [5, 5.41) is 16.3. The molecule has 0 aliphatic carbocycles. The van der Waals surface area contributed by atoms with Crippen LogP contribution in [0.4, 0.5) is 4.39 Å². The highest BCUT2D eigenvalue weighted by molar-refractivity contribution is 5.92. The predicted octanol–water partition coefficient (Wildman–Crippen LogP) is 1.62. The van der Waals surface area contributed by atoms with Crippen LogP contribution in [0.3, 0.4) is 0 Å². The minimum atomic E-state index is -1.01. The van der Waals surface area contributed by atoms with E-state index in [1.165, 1.54) is 22.9 Å². The van der Waals surface area contributed by atoms with Crippen LogP contribution in [0.15, 0.2) is 36.5 Å². The molecular formula is C17H18FN3O4.